The highest BCUT2D eigenvalue weighted by Crippen LogP contribution is 2.22. The van der Waals surface area contributed by atoms with E-state index < -0.39 is 0 Å². The van der Waals surface area contributed by atoms with Gasteiger partial charge in [-0.15, -0.1) is 0 Å². The molecule has 1 fully saturated rings. The monoisotopic (exact) mass is 202 g/mol. The summed E-state index contributed by atoms with van der Waals surface area (Å²) in [4.78, 5) is 0. The number of nitrogens with two attached hydrogens (primary N) is 1. The molecule has 4 heteroatoms. The fourth-order valence-electron chi connectivity index (χ4n) is 1.75. The lowest BCUT2D eigenvalue weighted by Crippen LogP contribution is -2.45. The Morgan fingerprint density at radius 1 is 1.57 bits per heavy atom. The van der Waals surface area contributed by atoms with E-state index in [9.17, 15) is 0 Å². The number of ether oxygens (including phenoxy) is 2. The van der Waals surface area contributed by atoms with Gasteiger partial charge in [-0.3, -0.25) is 11.3 Å². The molecule has 0 aromatic rings. The summed E-state index contributed by atoms with van der Waals surface area (Å²) < 4.78 is 11.0. The largest absolute Gasteiger partial charge is 0.378 e. The third kappa shape index (κ3) is 3.53. The lowest BCUT2D eigenvalue weighted by Gasteiger charge is -2.22. The lowest BCUT2D eigenvalue weighted by molar-refractivity contribution is 0.0448. The molecule has 4 nitrogen and oxygen atoms in total. The highest BCUT2D eigenvalue weighted by Gasteiger charge is 2.29. The van der Waals surface area contributed by atoms with Crippen molar-refractivity contribution in [3.63, 3.8) is 0 Å². The Morgan fingerprint density at radius 2 is 2.29 bits per heavy atom. The van der Waals surface area contributed by atoms with E-state index in [4.69, 9.17) is 15.3 Å². The minimum absolute atomic E-state index is 0.211. The van der Waals surface area contributed by atoms with E-state index in [0.29, 0.717) is 18.6 Å². The second kappa shape index (κ2) is 5.66. The fourth-order valence-corrected chi connectivity index (χ4v) is 1.75. The summed E-state index contributed by atoms with van der Waals surface area (Å²) in [5.41, 5.74) is 2.81. The molecule has 0 spiro atoms. The average Bonchev–Trinajstić information content (AvgIpc) is 2.53. The number of hydrazine groups is 1. The predicted octanol–water partition coefficient (Wildman–Crippen LogP) is 0.668. The highest BCUT2D eigenvalue weighted by atomic mass is 16.5. The molecule has 1 saturated heterocycles. The van der Waals surface area contributed by atoms with Crippen LogP contribution in [0.5, 0.6) is 0 Å². The summed E-state index contributed by atoms with van der Waals surface area (Å²) in [6, 6.07) is 0.211. The summed E-state index contributed by atoms with van der Waals surface area (Å²) in [7, 11) is 0. The maximum absolute atomic E-state index is 5.54. The van der Waals surface area contributed by atoms with Crippen LogP contribution in [-0.2, 0) is 9.47 Å². The first-order chi connectivity index (χ1) is 6.63. The predicted molar refractivity (Wildman–Crippen MR) is 55.7 cm³/mol. The van der Waals surface area contributed by atoms with Crippen LogP contribution in [0.25, 0.3) is 0 Å². The molecule has 1 heterocycles. The zero-order chi connectivity index (χ0) is 10.6. The molecule has 0 amide bonds. The van der Waals surface area contributed by atoms with Crippen molar-refractivity contribution in [2.24, 2.45) is 11.8 Å². The Morgan fingerprint density at radius 3 is 2.71 bits per heavy atom. The third-order valence-electron chi connectivity index (χ3n) is 2.62. The Kier molecular flexibility index (Phi) is 4.81. The topological polar surface area (TPSA) is 56.5 Å². The van der Waals surface area contributed by atoms with Crippen molar-refractivity contribution in [3.05, 3.63) is 0 Å². The second-order valence-corrected chi connectivity index (χ2v) is 4.29. The molecule has 1 aliphatic heterocycles. The van der Waals surface area contributed by atoms with Gasteiger partial charge in [-0.05, 0) is 27.2 Å². The Hall–Kier alpha value is -0.160. The Balaban J connectivity index is 2.30. The molecular formula is C10H22N2O2. The third-order valence-corrected chi connectivity index (χ3v) is 2.62. The van der Waals surface area contributed by atoms with Gasteiger partial charge in [0.15, 0.2) is 0 Å². The molecule has 3 N–H and O–H groups in total. The van der Waals surface area contributed by atoms with Crippen LogP contribution in [0.4, 0.5) is 0 Å². The van der Waals surface area contributed by atoms with Gasteiger partial charge < -0.3 is 9.47 Å². The summed E-state index contributed by atoms with van der Waals surface area (Å²) in [5.74, 6) is 5.98. The van der Waals surface area contributed by atoms with Crippen LogP contribution >= 0.6 is 0 Å². The SMILES string of the molecule is CC(C)OCC(NN)C1COC(C)C1. The minimum Gasteiger partial charge on any atom is -0.378 e. The van der Waals surface area contributed by atoms with E-state index in [0.717, 1.165) is 13.0 Å². The molecule has 0 bridgehead atoms. The molecule has 14 heavy (non-hydrogen) atoms. The van der Waals surface area contributed by atoms with Gasteiger partial charge in [-0.2, -0.15) is 0 Å². The summed E-state index contributed by atoms with van der Waals surface area (Å²) in [6.07, 6.45) is 1.68. The molecule has 3 atom stereocenters. The Bertz CT molecular complexity index is 164. The minimum atomic E-state index is 0.211. The van der Waals surface area contributed by atoms with E-state index in [-0.39, 0.29) is 12.1 Å². The summed E-state index contributed by atoms with van der Waals surface area (Å²) in [6.45, 7) is 7.60. The van der Waals surface area contributed by atoms with Crippen LogP contribution in [0.1, 0.15) is 27.2 Å². The van der Waals surface area contributed by atoms with Crippen LogP contribution in [-0.4, -0.2) is 31.5 Å². The van der Waals surface area contributed by atoms with Crippen molar-refractivity contribution in [1.82, 2.24) is 5.43 Å². The van der Waals surface area contributed by atoms with Crippen molar-refractivity contribution in [2.45, 2.75) is 45.4 Å². The van der Waals surface area contributed by atoms with Gasteiger partial charge in [0, 0.05) is 12.0 Å². The molecule has 0 saturated carbocycles. The standard InChI is InChI=1S/C10H22N2O2/c1-7(2)13-6-10(12-11)9-4-8(3)14-5-9/h7-10,12H,4-6,11H2,1-3H3. The maximum Gasteiger partial charge on any atom is 0.0640 e. The normalized spacial score (nSPS) is 29.8. The van der Waals surface area contributed by atoms with Gasteiger partial charge in [0.1, 0.15) is 0 Å². The molecule has 0 aromatic heterocycles. The molecular weight excluding hydrogens is 180 g/mol. The maximum atomic E-state index is 5.54. The molecule has 0 aliphatic carbocycles. The lowest BCUT2D eigenvalue weighted by atomic mass is 9.98. The first kappa shape index (κ1) is 11.9. The van der Waals surface area contributed by atoms with E-state index >= 15 is 0 Å². The smallest absolute Gasteiger partial charge is 0.0640 e. The zero-order valence-electron chi connectivity index (χ0n) is 9.32. The van der Waals surface area contributed by atoms with E-state index in [1.54, 1.807) is 0 Å². The van der Waals surface area contributed by atoms with Crippen LogP contribution in [0.3, 0.4) is 0 Å². The van der Waals surface area contributed by atoms with Crippen LogP contribution < -0.4 is 11.3 Å². The molecule has 84 valence electrons. The van der Waals surface area contributed by atoms with Crippen molar-refractivity contribution in [1.29, 1.82) is 0 Å². The molecule has 3 unspecified atom stereocenters. The molecule has 0 radical (unpaired) electrons. The summed E-state index contributed by atoms with van der Waals surface area (Å²) >= 11 is 0. The quantitative estimate of drug-likeness (QED) is 0.508. The van der Waals surface area contributed by atoms with Crippen LogP contribution in [0, 0.1) is 5.92 Å². The van der Waals surface area contributed by atoms with Gasteiger partial charge in [0.05, 0.1) is 25.4 Å². The number of rotatable bonds is 5. The van der Waals surface area contributed by atoms with E-state index in [1.165, 1.54) is 0 Å². The Labute approximate surface area is 86.1 Å². The van der Waals surface area contributed by atoms with Gasteiger partial charge in [-0.25, -0.2) is 0 Å². The van der Waals surface area contributed by atoms with Crippen LogP contribution in [0.15, 0.2) is 0 Å². The first-order valence-corrected chi connectivity index (χ1v) is 5.32. The van der Waals surface area contributed by atoms with Crippen molar-refractivity contribution in [2.75, 3.05) is 13.2 Å². The van der Waals surface area contributed by atoms with Gasteiger partial charge in [-0.1, -0.05) is 0 Å². The van der Waals surface area contributed by atoms with Crippen molar-refractivity contribution in [3.8, 4) is 0 Å². The molecule has 1 rings (SSSR count). The molecule has 0 aromatic carbocycles. The first-order valence-electron chi connectivity index (χ1n) is 5.32. The van der Waals surface area contributed by atoms with Crippen molar-refractivity contribution < 1.29 is 9.47 Å². The summed E-state index contributed by atoms with van der Waals surface area (Å²) in [5, 5.41) is 0. The average molecular weight is 202 g/mol. The van der Waals surface area contributed by atoms with E-state index in [1.807, 2.05) is 13.8 Å². The van der Waals surface area contributed by atoms with Gasteiger partial charge in [0.25, 0.3) is 0 Å². The highest BCUT2D eigenvalue weighted by molar-refractivity contribution is 4.80. The number of hydrogen-bond acceptors (Lipinski definition) is 4. The van der Waals surface area contributed by atoms with Crippen molar-refractivity contribution >= 4 is 0 Å². The fraction of sp³-hybridized carbons (Fsp3) is 1.00. The van der Waals surface area contributed by atoms with Gasteiger partial charge >= 0.3 is 0 Å². The van der Waals surface area contributed by atoms with Crippen LogP contribution in [0.2, 0.25) is 0 Å². The molecule has 1 aliphatic rings. The van der Waals surface area contributed by atoms with Gasteiger partial charge in [0.2, 0.25) is 0 Å². The second-order valence-electron chi connectivity index (χ2n) is 4.29. The zero-order valence-corrected chi connectivity index (χ0v) is 9.32. The number of hydrogen-bond donors (Lipinski definition) is 2. The van der Waals surface area contributed by atoms with E-state index in [2.05, 4.69) is 12.3 Å². The number of nitrogens with one attached hydrogen (secondary N) is 1.